The number of unbranched alkanes of at least 4 members (excludes halogenated alkanes) is 2. The minimum atomic E-state index is -1.07. The molecule has 0 aliphatic carbocycles. The van der Waals surface area contributed by atoms with Crippen molar-refractivity contribution in [3.05, 3.63) is 29.3 Å². The Morgan fingerprint density at radius 3 is 2.37 bits per heavy atom. The van der Waals surface area contributed by atoms with Gasteiger partial charge in [0.05, 0.1) is 5.97 Å². The van der Waals surface area contributed by atoms with Gasteiger partial charge in [-0.2, -0.15) is 0 Å². The SMILES string of the molecule is CCCCCc1cc(N(CC)CC)ccc1C(=O)[O-]. The highest BCUT2D eigenvalue weighted by Gasteiger charge is 2.08. The van der Waals surface area contributed by atoms with Gasteiger partial charge in [-0.25, -0.2) is 0 Å². The van der Waals surface area contributed by atoms with Gasteiger partial charge in [0.2, 0.25) is 0 Å². The molecule has 1 aromatic carbocycles. The monoisotopic (exact) mass is 262 g/mol. The molecule has 0 radical (unpaired) electrons. The van der Waals surface area contributed by atoms with Crippen LogP contribution in [0, 0.1) is 0 Å². The number of rotatable bonds is 8. The summed E-state index contributed by atoms with van der Waals surface area (Å²) in [6.07, 6.45) is 4.10. The second-order valence-electron chi connectivity index (χ2n) is 4.76. The number of nitrogens with zero attached hydrogens (tertiary/aromatic N) is 1. The van der Waals surface area contributed by atoms with Crippen LogP contribution in [0.25, 0.3) is 0 Å². The predicted octanol–water partition coefficient (Wildman–Crippen LogP) is 2.63. The fourth-order valence-electron chi connectivity index (χ4n) is 2.34. The Hall–Kier alpha value is -1.51. The maximum Gasteiger partial charge on any atom is 0.0718 e. The standard InChI is InChI=1S/C16H25NO2/c1-4-7-8-9-13-12-14(17(5-2)6-3)10-11-15(13)16(18)19/h10-12H,4-9H2,1-3H3,(H,18,19)/p-1. The van der Waals surface area contributed by atoms with E-state index in [0.717, 1.165) is 50.0 Å². The van der Waals surface area contributed by atoms with E-state index < -0.39 is 5.97 Å². The lowest BCUT2D eigenvalue weighted by molar-refractivity contribution is -0.255. The van der Waals surface area contributed by atoms with E-state index in [2.05, 4.69) is 25.7 Å². The number of hydrogen-bond donors (Lipinski definition) is 0. The van der Waals surface area contributed by atoms with Crippen LogP contribution in [0.5, 0.6) is 0 Å². The van der Waals surface area contributed by atoms with E-state index in [4.69, 9.17) is 0 Å². The summed E-state index contributed by atoms with van der Waals surface area (Å²) in [6, 6.07) is 5.57. The van der Waals surface area contributed by atoms with E-state index in [-0.39, 0.29) is 0 Å². The largest absolute Gasteiger partial charge is 0.545 e. The molecule has 3 nitrogen and oxygen atoms in total. The molecule has 3 heteroatoms. The first-order chi connectivity index (χ1) is 9.13. The molecular formula is C16H24NO2-. The molecule has 0 atom stereocenters. The zero-order chi connectivity index (χ0) is 14.3. The van der Waals surface area contributed by atoms with Gasteiger partial charge in [-0.1, -0.05) is 25.8 Å². The first-order valence-corrected chi connectivity index (χ1v) is 7.23. The number of aromatic carboxylic acids is 1. The molecule has 0 saturated carbocycles. The minimum absolute atomic E-state index is 0.340. The fourth-order valence-corrected chi connectivity index (χ4v) is 2.34. The molecule has 0 amide bonds. The molecule has 1 aromatic rings. The number of anilines is 1. The van der Waals surface area contributed by atoms with Crippen LogP contribution in [0.3, 0.4) is 0 Å². The third kappa shape index (κ3) is 4.27. The third-order valence-corrected chi connectivity index (χ3v) is 3.49. The molecule has 0 heterocycles. The van der Waals surface area contributed by atoms with Crippen molar-refractivity contribution in [3.8, 4) is 0 Å². The molecule has 0 spiro atoms. The lowest BCUT2D eigenvalue weighted by Crippen LogP contribution is -2.25. The van der Waals surface area contributed by atoms with Crippen LogP contribution in [0.1, 0.15) is 56.0 Å². The van der Waals surface area contributed by atoms with Crippen molar-refractivity contribution < 1.29 is 9.90 Å². The zero-order valence-electron chi connectivity index (χ0n) is 12.2. The lowest BCUT2D eigenvalue weighted by atomic mass is 10.00. The first-order valence-electron chi connectivity index (χ1n) is 7.23. The summed E-state index contributed by atoms with van der Waals surface area (Å²) >= 11 is 0. The molecular weight excluding hydrogens is 238 g/mol. The highest BCUT2D eigenvalue weighted by molar-refractivity contribution is 5.88. The topological polar surface area (TPSA) is 43.4 Å². The van der Waals surface area contributed by atoms with E-state index in [9.17, 15) is 9.90 Å². The van der Waals surface area contributed by atoms with Crippen LogP contribution in [0.4, 0.5) is 5.69 Å². The predicted molar refractivity (Wildman–Crippen MR) is 77.6 cm³/mol. The molecule has 0 aromatic heterocycles. The quantitative estimate of drug-likeness (QED) is 0.676. The maximum absolute atomic E-state index is 11.1. The van der Waals surface area contributed by atoms with Gasteiger partial charge in [0.15, 0.2) is 0 Å². The number of carbonyl (C=O) groups is 1. The van der Waals surface area contributed by atoms with E-state index in [1.807, 2.05) is 12.1 Å². The van der Waals surface area contributed by atoms with Crippen molar-refractivity contribution in [1.82, 2.24) is 0 Å². The van der Waals surface area contributed by atoms with E-state index in [0.29, 0.717) is 5.56 Å². The maximum atomic E-state index is 11.1. The summed E-state index contributed by atoms with van der Waals surface area (Å²) in [5, 5.41) is 11.1. The van der Waals surface area contributed by atoms with Crippen molar-refractivity contribution in [3.63, 3.8) is 0 Å². The molecule has 0 saturated heterocycles. The average molecular weight is 262 g/mol. The van der Waals surface area contributed by atoms with Crippen molar-refractivity contribution >= 4 is 11.7 Å². The Labute approximate surface area is 116 Å². The van der Waals surface area contributed by atoms with Crippen LogP contribution < -0.4 is 10.0 Å². The molecule has 0 aliphatic rings. The van der Waals surface area contributed by atoms with Crippen molar-refractivity contribution in [2.45, 2.75) is 46.5 Å². The summed E-state index contributed by atoms with van der Waals surface area (Å²) in [5.41, 5.74) is 2.34. The van der Waals surface area contributed by atoms with E-state index in [1.54, 1.807) is 6.07 Å². The van der Waals surface area contributed by atoms with Gasteiger partial charge < -0.3 is 14.8 Å². The fraction of sp³-hybridized carbons (Fsp3) is 0.562. The van der Waals surface area contributed by atoms with Crippen molar-refractivity contribution in [2.75, 3.05) is 18.0 Å². The Bertz CT molecular complexity index is 411. The van der Waals surface area contributed by atoms with Gasteiger partial charge in [0.25, 0.3) is 0 Å². The second-order valence-corrected chi connectivity index (χ2v) is 4.76. The number of carboxylic acids is 1. The van der Waals surface area contributed by atoms with Crippen molar-refractivity contribution in [2.24, 2.45) is 0 Å². The second kappa shape index (κ2) is 7.82. The normalized spacial score (nSPS) is 10.5. The summed E-state index contributed by atoms with van der Waals surface area (Å²) in [5.74, 6) is -1.07. The molecule has 0 N–H and O–H groups in total. The van der Waals surface area contributed by atoms with Crippen LogP contribution in [-0.4, -0.2) is 19.1 Å². The van der Waals surface area contributed by atoms with Gasteiger partial charge in [-0.3, -0.25) is 0 Å². The average Bonchev–Trinajstić information content (AvgIpc) is 2.40. The lowest BCUT2D eigenvalue weighted by Gasteiger charge is -2.23. The van der Waals surface area contributed by atoms with E-state index >= 15 is 0 Å². The number of aryl methyl sites for hydroxylation is 1. The molecule has 106 valence electrons. The van der Waals surface area contributed by atoms with Gasteiger partial charge in [0.1, 0.15) is 0 Å². The molecule has 19 heavy (non-hydrogen) atoms. The van der Waals surface area contributed by atoms with Crippen molar-refractivity contribution in [1.29, 1.82) is 0 Å². The molecule has 0 bridgehead atoms. The smallest absolute Gasteiger partial charge is 0.0718 e. The molecule has 0 fully saturated rings. The minimum Gasteiger partial charge on any atom is -0.545 e. The molecule has 0 unspecified atom stereocenters. The van der Waals surface area contributed by atoms with E-state index in [1.165, 1.54) is 0 Å². The van der Waals surface area contributed by atoms with Crippen LogP contribution in [0.2, 0.25) is 0 Å². The first kappa shape index (κ1) is 15.5. The number of carboxylic acid groups (broad SMARTS) is 1. The third-order valence-electron chi connectivity index (χ3n) is 3.49. The number of benzene rings is 1. The Balaban J connectivity index is 2.99. The van der Waals surface area contributed by atoms with Gasteiger partial charge in [-0.05, 0) is 44.4 Å². The number of hydrogen-bond acceptors (Lipinski definition) is 3. The number of carbonyl (C=O) groups excluding carboxylic acids is 1. The van der Waals surface area contributed by atoms with Gasteiger partial charge in [-0.15, -0.1) is 0 Å². The van der Waals surface area contributed by atoms with Gasteiger partial charge >= 0.3 is 0 Å². The Kier molecular flexibility index (Phi) is 6.40. The van der Waals surface area contributed by atoms with Crippen LogP contribution in [0.15, 0.2) is 18.2 Å². The highest BCUT2D eigenvalue weighted by Crippen LogP contribution is 2.21. The highest BCUT2D eigenvalue weighted by atomic mass is 16.4. The summed E-state index contributed by atoms with van der Waals surface area (Å²) in [7, 11) is 0. The van der Waals surface area contributed by atoms with Crippen LogP contribution >= 0.6 is 0 Å². The van der Waals surface area contributed by atoms with Crippen LogP contribution in [-0.2, 0) is 6.42 Å². The zero-order valence-corrected chi connectivity index (χ0v) is 12.2. The summed E-state index contributed by atoms with van der Waals surface area (Å²) in [4.78, 5) is 13.4. The molecule has 0 aliphatic heterocycles. The Morgan fingerprint density at radius 1 is 1.16 bits per heavy atom. The Morgan fingerprint density at radius 2 is 1.84 bits per heavy atom. The molecule has 1 rings (SSSR count). The van der Waals surface area contributed by atoms with Gasteiger partial charge in [0, 0.05) is 24.3 Å². The summed E-state index contributed by atoms with van der Waals surface area (Å²) < 4.78 is 0. The summed E-state index contributed by atoms with van der Waals surface area (Å²) in [6.45, 7) is 8.21.